The average molecular weight is 316 g/mol. The second-order valence-corrected chi connectivity index (χ2v) is 6.99. The summed E-state index contributed by atoms with van der Waals surface area (Å²) in [5, 5.41) is 0. The number of rotatable bonds is 4. The van der Waals surface area contributed by atoms with Crippen molar-refractivity contribution >= 4 is 5.91 Å². The van der Waals surface area contributed by atoms with Crippen LogP contribution in [0.25, 0.3) is 0 Å². The summed E-state index contributed by atoms with van der Waals surface area (Å²) < 4.78 is 6.23. The number of hydrogen-bond donors (Lipinski definition) is 0. The maximum absolute atomic E-state index is 11.8. The van der Waals surface area contributed by atoms with Gasteiger partial charge in [-0.25, -0.2) is 0 Å². The Morgan fingerprint density at radius 2 is 2.00 bits per heavy atom. The first-order valence-corrected chi connectivity index (χ1v) is 8.78. The van der Waals surface area contributed by atoms with Crippen molar-refractivity contribution in [2.24, 2.45) is 0 Å². The van der Waals surface area contributed by atoms with Crippen molar-refractivity contribution in [3.63, 3.8) is 0 Å². The SMILES string of the molecule is CCC(=O)N1CCC2(CC1)CC(N(C)Cc1ccccc1)CO2. The Balaban J connectivity index is 1.53. The Morgan fingerprint density at radius 3 is 2.65 bits per heavy atom. The summed E-state index contributed by atoms with van der Waals surface area (Å²) in [5.74, 6) is 0.274. The molecule has 1 spiro atoms. The molecule has 4 heteroatoms. The second-order valence-electron chi connectivity index (χ2n) is 6.99. The fraction of sp³-hybridized carbons (Fsp3) is 0.632. The van der Waals surface area contributed by atoms with E-state index in [-0.39, 0.29) is 11.5 Å². The van der Waals surface area contributed by atoms with Crippen LogP contribution < -0.4 is 0 Å². The molecule has 23 heavy (non-hydrogen) atoms. The summed E-state index contributed by atoms with van der Waals surface area (Å²) in [6, 6.07) is 11.1. The zero-order valence-corrected chi connectivity index (χ0v) is 14.3. The number of carbonyl (C=O) groups is 1. The highest BCUT2D eigenvalue weighted by atomic mass is 16.5. The topological polar surface area (TPSA) is 32.8 Å². The van der Waals surface area contributed by atoms with E-state index in [4.69, 9.17) is 4.74 Å². The lowest BCUT2D eigenvalue weighted by Gasteiger charge is -2.39. The molecule has 2 heterocycles. The molecule has 4 nitrogen and oxygen atoms in total. The molecule has 1 aromatic rings. The molecule has 0 N–H and O–H groups in total. The van der Waals surface area contributed by atoms with E-state index in [0.29, 0.717) is 12.5 Å². The molecule has 2 aliphatic rings. The van der Waals surface area contributed by atoms with Gasteiger partial charge in [-0.05, 0) is 31.9 Å². The number of amides is 1. The number of piperidine rings is 1. The molecule has 126 valence electrons. The Kier molecular flexibility index (Phi) is 5.02. The van der Waals surface area contributed by atoms with E-state index in [0.717, 1.165) is 45.5 Å². The Labute approximate surface area is 139 Å². The number of carbonyl (C=O) groups excluding carboxylic acids is 1. The minimum absolute atomic E-state index is 0.000135. The van der Waals surface area contributed by atoms with Gasteiger partial charge < -0.3 is 9.64 Å². The van der Waals surface area contributed by atoms with Gasteiger partial charge in [0.1, 0.15) is 0 Å². The third-order valence-electron chi connectivity index (χ3n) is 5.42. The molecule has 0 radical (unpaired) electrons. The van der Waals surface area contributed by atoms with E-state index in [1.165, 1.54) is 5.56 Å². The average Bonchev–Trinajstić information content (AvgIpc) is 3.00. The van der Waals surface area contributed by atoms with Crippen molar-refractivity contribution < 1.29 is 9.53 Å². The second kappa shape index (κ2) is 7.02. The summed E-state index contributed by atoms with van der Waals surface area (Å²) in [6.07, 6.45) is 3.66. The van der Waals surface area contributed by atoms with Crippen molar-refractivity contribution in [3.05, 3.63) is 35.9 Å². The van der Waals surface area contributed by atoms with Gasteiger partial charge in [-0.3, -0.25) is 9.69 Å². The van der Waals surface area contributed by atoms with Crippen molar-refractivity contribution in [2.75, 3.05) is 26.7 Å². The molecule has 0 aromatic heterocycles. The highest BCUT2D eigenvalue weighted by Gasteiger charge is 2.44. The number of ether oxygens (including phenoxy) is 1. The standard InChI is InChI=1S/C19H28N2O2/c1-3-18(22)21-11-9-19(10-12-21)13-17(15-23-19)20(2)14-16-7-5-4-6-8-16/h4-8,17H,3,9-15H2,1-2H3. The third kappa shape index (κ3) is 3.75. The molecule has 3 rings (SSSR count). The fourth-order valence-corrected chi connectivity index (χ4v) is 3.84. The zero-order chi connectivity index (χ0) is 16.3. The van der Waals surface area contributed by atoms with Crippen LogP contribution >= 0.6 is 0 Å². The van der Waals surface area contributed by atoms with E-state index in [2.05, 4.69) is 42.3 Å². The van der Waals surface area contributed by atoms with Crippen LogP contribution in [0.3, 0.4) is 0 Å². The molecule has 0 aliphatic carbocycles. The van der Waals surface area contributed by atoms with E-state index in [9.17, 15) is 4.79 Å². The van der Waals surface area contributed by atoms with E-state index >= 15 is 0 Å². The monoisotopic (exact) mass is 316 g/mol. The maximum Gasteiger partial charge on any atom is 0.222 e. The van der Waals surface area contributed by atoms with Crippen LogP contribution in [-0.2, 0) is 16.1 Å². The maximum atomic E-state index is 11.8. The lowest BCUT2D eigenvalue weighted by molar-refractivity contribution is -0.135. The van der Waals surface area contributed by atoms with Gasteiger partial charge in [0.05, 0.1) is 12.2 Å². The van der Waals surface area contributed by atoms with Gasteiger partial charge in [-0.15, -0.1) is 0 Å². The fourth-order valence-electron chi connectivity index (χ4n) is 3.84. The number of nitrogens with zero attached hydrogens (tertiary/aromatic N) is 2. The van der Waals surface area contributed by atoms with Crippen LogP contribution in [0.5, 0.6) is 0 Å². The van der Waals surface area contributed by atoms with Gasteiger partial charge in [-0.1, -0.05) is 37.3 Å². The lowest BCUT2D eigenvalue weighted by atomic mass is 9.87. The summed E-state index contributed by atoms with van der Waals surface area (Å²) in [7, 11) is 2.19. The van der Waals surface area contributed by atoms with Gasteiger partial charge in [0, 0.05) is 32.1 Å². The van der Waals surface area contributed by atoms with Gasteiger partial charge >= 0.3 is 0 Å². The first-order valence-electron chi connectivity index (χ1n) is 8.78. The first kappa shape index (κ1) is 16.5. The molecule has 2 aliphatic heterocycles. The highest BCUT2D eigenvalue weighted by Crippen LogP contribution is 2.37. The Bertz CT molecular complexity index is 523. The number of likely N-dealkylation sites (tertiary alicyclic amines) is 1. The van der Waals surface area contributed by atoms with Gasteiger partial charge in [-0.2, -0.15) is 0 Å². The number of hydrogen-bond acceptors (Lipinski definition) is 3. The summed E-state index contributed by atoms with van der Waals surface area (Å²) >= 11 is 0. The molecule has 1 atom stereocenters. The Hall–Kier alpha value is -1.39. The third-order valence-corrected chi connectivity index (χ3v) is 5.42. The molecule has 2 saturated heterocycles. The van der Waals surface area contributed by atoms with Crippen molar-refractivity contribution in [2.45, 2.75) is 50.8 Å². The molecule has 1 amide bonds. The van der Waals surface area contributed by atoms with Crippen LogP contribution in [0.4, 0.5) is 0 Å². The first-order chi connectivity index (χ1) is 11.1. The quantitative estimate of drug-likeness (QED) is 0.856. The lowest BCUT2D eigenvalue weighted by Crippen LogP contribution is -2.46. The van der Waals surface area contributed by atoms with Gasteiger partial charge in [0.25, 0.3) is 0 Å². The smallest absolute Gasteiger partial charge is 0.222 e. The molecular weight excluding hydrogens is 288 g/mol. The normalized spacial score (nSPS) is 23.6. The van der Waals surface area contributed by atoms with Crippen LogP contribution in [0.2, 0.25) is 0 Å². The van der Waals surface area contributed by atoms with Crippen molar-refractivity contribution in [1.82, 2.24) is 9.80 Å². The minimum Gasteiger partial charge on any atom is -0.373 e. The molecule has 0 saturated carbocycles. The molecule has 1 unspecified atom stereocenters. The highest BCUT2D eigenvalue weighted by molar-refractivity contribution is 5.75. The molecule has 0 bridgehead atoms. The van der Waals surface area contributed by atoms with E-state index in [1.54, 1.807) is 0 Å². The predicted molar refractivity (Wildman–Crippen MR) is 91.1 cm³/mol. The van der Waals surface area contributed by atoms with E-state index in [1.807, 2.05) is 11.8 Å². The molecular formula is C19H28N2O2. The molecule has 2 fully saturated rings. The van der Waals surface area contributed by atoms with Crippen molar-refractivity contribution in [1.29, 1.82) is 0 Å². The van der Waals surface area contributed by atoms with Gasteiger partial charge in [0.2, 0.25) is 5.91 Å². The summed E-state index contributed by atoms with van der Waals surface area (Å²) in [6.45, 7) is 5.41. The van der Waals surface area contributed by atoms with Crippen LogP contribution in [0, 0.1) is 0 Å². The minimum atomic E-state index is 0.000135. The molecule has 1 aromatic carbocycles. The van der Waals surface area contributed by atoms with Crippen LogP contribution in [0.15, 0.2) is 30.3 Å². The Morgan fingerprint density at radius 1 is 1.30 bits per heavy atom. The van der Waals surface area contributed by atoms with Crippen LogP contribution in [0.1, 0.15) is 38.2 Å². The van der Waals surface area contributed by atoms with Crippen LogP contribution in [-0.4, -0.2) is 54.1 Å². The van der Waals surface area contributed by atoms with Crippen molar-refractivity contribution in [3.8, 4) is 0 Å². The predicted octanol–water partition coefficient (Wildman–Crippen LogP) is 2.68. The largest absolute Gasteiger partial charge is 0.373 e. The van der Waals surface area contributed by atoms with E-state index < -0.39 is 0 Å². The number of benzene rings is 1. The van der Waals surface area contributed by atoms with Gasteiger partial charge in [0.15, 0.2) is 0 Å². The zero-order valence-electron chi connectivity index (χ0n) is 14.3. The summed E-state index contributed by atoms with van der Waals surface area (Å²) in [5.41, 5.74) is 1.35. The number of likely N-dealkylation sites (N-methyl/N-ethyl adjacent to an activating group) is 1. The summed E-state index contributed by atoms with van der Waals surface area (Å²) in [4.78, 5) is 16.2.